The van der Waals surface area contributed by atoms with Crippen LogP contribution in [0.3, 0.4) is 0 Å². The lowest BCUT2D eigenvalue weighted by molar-refractivity contribution is -0.132. The zero-order chi connectivity index (χ0) is 17.1. The van der Waals surface area contributed by atoms with Crippen molar-refractivity contribution in [3.8, 4) is 5.75 Å². The smallest absolute Gasteiger partial charge is 0.227 e. The molecule has 1 amide bonds. The molecular formula is C18H23N3O3. The Labute approximate surface area is 141 Å². The number of methoxy groups -OCH3 is 1. The average Bonchev–Trinajstić information content (AvgIpc) is 3.15. The van der Waals surface area contributed by atoms with Crippen molar-refractivity contribution in [1.29, 1.82) is 0 Å². The third-order valence-electron chi connectivity index (χ3n) is 4.55. The van der Waals surface area contributed by atoms with Gasteiger partial charge in [-0.1, -0.05) is 12.1 Å². The van der Waals surface area contributed by atoms with Crippen LogP contribution in [-0.2, 0) is 24.7 Å². The van der Waals surface area contributed by atoms with E-state index in [4.69, 9.17) is 4.74 Å². The van der Waals surface area contributed by atoms with Crippen molar-refractivity contribution >= 4 is 5.91 Å². The molecule has 1 aliphatic rings. The van der Waals surface area contributed by atoms with E-state index in [1.807, 2.05) is 42.4 Å². The summed E-state index contributed by atoms with van der Waals surface area (Å²) in [6, 6.07) is 7.34. The van der Waals surface area contributed by atoms with Crippen molar-refractivity contribution in [1.82, 2.24) is 14.7 Å². The average molecular weight is 329 g/mol. The van der Waals surface area contributed by atoms with Gasteiger partial charge in [0.15, 0.2) is 0 Å². The zero-order valence-corrected chi connectivity index (χ0v) is 14.1. The van der Waals surface area contributed by atoms with Crippen LogP contribution in [0.15, 0.2) is 36.7 Å². The molecule has 3 rings (SSSR count). The molecule has 24 heavy (non-hydrogen) atoms. The third-order valence-corrected chi connectivity index (χ3v) is 4.55. The van der Waals surface area contributed by atoms with Gasteiger partial charge in [0.25, 0.3) is 0 Å². The van der Waals surface area contributed by atoms with Gasteiger partial charge in [-0.15, -0.1) is 0 Å². The van der Waals surface area contributed by atoms with Gasteiger partial charge < -0.3 is 14.7 Å². The van der Waals surface area contributed by atoms with Crippen molar-refractivity contribution in [2.24, 2.45) is 7.05 Å². The van der Waals surface area contributed by atoms with Crippen LogP contribution >= 0.6 is 0 Å². The first kappa shape index (κ1) is 16.5. The van der Waals surface area contributed by atoms with Gasteiger partial charge in [0.1, 0.15) is 5.75 Å². The number of ether oxygens (including phenoxy) is 1. The van der Waals surface area contributed by atoms with E-state index in [1.54, 1.807) is 18.0 Å². The minimum atomic E-state index is -0.481. The van der Waals surface area contributed by atoms with Crippen LogP contribution in [0.5, 0.6) is 5.75 Å². The molecule has 0 unspecified atom stereocenters. The molecule has 0 saturated carbocycles. The van der Waals surface area contributed by atoms with E-state index in [0.29, 0.717) is 25.8 Å². The summed E-state index contributed by atoms with van der Waals surface area (Å²) in [4.78, 5) is 14.5. The standard InChI is InChI=1S/C18H23N3O3/c1-20-12-14(11-19-20)9-16-17(22)7-8-21(16)18(23)10-13-3-5-15(24-2)6-4-13/h3-6,11-12,16-17,22H,7-10H2,1-2H3/t16-,17-/m1/s1. The van der Waals surface area contributed by atoms with Crippen molar-refractivity contribution < 1.29 is 14.6 Å². The summed E-state index contributed by atoms with van der Waals surface area (Å²) in [5, 5.41) is 14.4. The maximum absolute atomic E-state index is 12.7. The number of aromatic nitrogens is 2. The second kappa shape index (κ2) is 7.05. The molecule has 0 bridgehead atoms. The Bertz CT molecular complexity index is 696. The Morgan fingerprint density at radius 1 is 1.33 bits per heavy atom. The van der Waals surface area contributed by atoms with Gasteiger partial charge in [-0.3, -0.25) is 9.48 Å². The number of aliphatic hydroxyl groups is 1. The van der Waals surface area contributed by atoms with E-state index >= 15 is 0 Å². The Morgan fingerprint density at radius 3 is 2.71 bits per heavy atom. The maximum Gasteiger partial charge on any atom is 0.227 e. The molecule has 2 atom stereocenters. The van der Waals surface area contributed by atoms with E-state index in [1.165, 1.54) is 0 Å². The molecule has 1 saturated heterocycles. The molecular weight excluding hydrogens is 306 g/mol. The molecule has 1 N–H and O–H groups in total. The second-order valence-electron chi connectivity index (χ2n) is 6.26. The minimum Gasteiger partial charge on any atom is -0.497 e. The number of likely N-dealkylation sites (tertiary alicyclic amines) is 1. The summed E-state index contributed by atoms with van der Waals surface area (Å²) in [7, 11) is 3.48. The molecule has 2 aromatic rings. The SMILES string of the molecule is COc1ccc(CC(=O)N2CC[C@@H](O)[C@H]2Cc2cnn(C)c2)cc1. The van der Waals surface area contributed by atoms with Crippen LogP contribution in [0.4, 0.5) is 0 Å². The van der Waals surface area contributed by atoms with Crippen LogP contribution in [0.1, 0.15) is 17.5 Å². The van der Waals surface area contributed by atoms with E-state index in [0.717, 1.165) is 16.9 Å². The van der Waals surface area contributed by atoms with Gasteiger partial charge in [0.05, 0.1) is 31.9 Å². The lowest BCUT2D eigenvalue weighted by Crippen LogP contribution is -2.41. The summed E-state index contributed by atoms with van der Waals surface area (Å²) < 4.78 is 6.87. The molecule has 0 radical (unpaired) electrons. The number of nitrogens with zero attached hydrogens (tertiary/aromatic N) is 3. The van der Waals surface area contributed by atoms with E-state index in [-0.39, 0.29) is 11.9 Å². The normalized spacial score (nSPS) is 20.4. The second-order valence-corrected chi connectivity index (χ2v) is 6.26. The number of carbonyl (C=O) groups excluding carboxylic acids is 1. The van der Waals surface area contributed by atoms with Gasteiger partial charge >= 0.3 is 0 Å². The number of carbonyl (C=O) groups is 1. The number of benzene rings is 1. The maximum atomic E-state index is 12.7. The molecule has 0 aliphatic carbocycles. The van der Waals surface area contributed by atoms with Gasteiger partial charge in [-0.2, -0.15) is 5.10 Å². The van der Waals surface area contributed by atoms with Crippen LogP contribution in [0.25, 0.3) is 0 Å². The molecule has 0 spiro atoms. The fourth-order valence-corrected chi connectivity index (χ4v) is 3.23. The lowest BCUT2D eigenvalue weighted by Gasteiger charge is -2.26. The first-order chi connectivity index (χ1) is 11.6. The lowest BCUT2D eigenvalue weighted by atomic mass is 10.0. The Hall–Kier alpha value is -2.34. The van der Waals surface area contributed by atoms with Gasteiger partial charge in [-0.05, 0) is 36.1 Å². The highest BCUT2D eigenvalue weighted by Crippen LogP contribution is 2.23. The number of amides is 1. The monoisotopic (exact) mass is 329 g/mol. The fourth-order valence-electron chi connectivity index (χ4n) is 3.23. The number of hydrogen-bond acceptors (Lipinski definition) is 4. The zero-order valence-electron chi connectivity index (χ0n) is 14.1. The predicted molar refractivity (Wildman–Crippen MR) is 89.7 cm³/mol. The quantitative estimate of drug-likeness (QED) is 0.894. The topological polar surface area (TPSA) is 67.6 Å². The number of aliphatic hydroxyl groups excluding tert-OH is 1. The molecule has 128 valence electrons. The minimum absolute atomic E-state index is 0.0469. The largest absolute Gasteiger partial charge is 0.497 e. The van der Waals surface area contributed by atoms with E-state index < -0.39 is 6.10 Å². The van der Waals surface area contributed by atoms with Crippen molar-refractivity contribution in [2.75, 3.05) is 13.7 Å². The van der Waals surface area contributed by atoms with Crippen molar-refractivity contribution in [2.45, 2.75) is 31.4 Å². The molecule has 1 aromatic heterocycles. The van der Waals surface area contributed by atoms with Crippen LogP contribution in [0.2, 0.25) is 0 Å². The molecule has 2 heterocycles. The molecule has 6 heteroatoms. The van der Waals surface area contributed by atoms with Gasteiger partial charge in [0.2, 0.25) is 5.91 Å². The summed E-state index contributed by atoms with van der Waals surface area (Å²) in [6.07, 6.45) is 4.82. The number of rotatable bonds is 5. The third kappa shape index (κ3) is 3.59. The fraction of sp³-hybridized carbons (Fsp3) is 0.444. The highest BCUT2D eigenvalue weighted by Gasteiger charge is 2.35. The van der Waals surface area contributed by atoms with Gasteiger partial charge in [-0.25, -0.2) is 0 Å². The Kier molecular flexibility index (Phi) is 4.85. The Morgan fingerprint density at radius 2 is 2.08 bits per heavy atom. The first-order valence-corrected chi connectivity index (χ1v) is 8.15. The van der Waals surface area contributed by atoms with Crippen molar-refractivity contribution in [3.05, 3.63) is 47.8 Å². The summed E-state index contributed by atoms with van der Waals surface area (Å²) in [5.74, 6) is 0.822. The van der Waals surface area contributed by atoms with Crippen LogP contribution in [-0.4, -0.2) is 51.5 Å². The molecule has 1 aliphatic heterocycles. The number of hydrogen-bond donors (Lipinski definition) is 1. The highest BCUT2D eigenvalue weighted by molar-refractivity contribution is 5.79. The van der Waals surface area contributed by atoms with E-state index in [9.17, 15) is 9.90 Å². The van der Waals surface area contributed by atoms with Crippen LogP contribution in [0, 0.1) is 0 Å². The van der Waals surface area contributed by atoms with Crippen LogP contribution < -0.4 is 4.74 Å². The Balaban J connectivity index is 1.67. The summed E-state index contributed by atoms with van der Waals surface area (Å²) in [6.45, 7) is 0.598. The van der Waals surface area contributed by atoms with Crippen molar-refractivity contribution in [3.63, 3.8) is 0 Å². The molecule has 1 fully saturated rings. The summed E-state index contributed by atoms with van der Waals surface area (Å²) in [5.41, 5.74) is 1.98. The predicted octanol–water partition coefficient (Wildman–Crippen LogP) is 1.18. The first-order valence-electron chi connectivity index (χ1n) is 8.15. The van der Waals surface area contributed by atoms with E-state index in [2.05, 4.69) is 5.10 Å². The van der Waals surface area contributed by atoms with Gasteiger partial charge in [0, 0.05) is 19.8 Å². The highest BCUT2D eigenvalue weighted by atomic mass is 16.5. The number of aryl methyl sites for hydroxylation is 1. The summed E-state index contributed by atoms with van der Waals surface area (Å²) >= 11 is 0. The molecule has 6 nitrogen and oxygen atoms in total. The molecule has 1 aromatic carbocycles.